The molecule has 5 aliphatic rings. The van der Waals surface area contributed by atoms with Crippen molar-refractivity contribution >= 4 is 16.9 Å². The molecule has 0 bridgehead atoms. The number of anilines is 2. The summed E-state index contributed by atoms with van der Waals surface area (Å²) in [5.41, 5.74) is 9.72. The van der Waals surface area contributed by atoms with Gasteiger partial charge in [0.25, 0.3) is 0 Å². The van der Waals surface area contributed by atoms with E-state index >= 15 is 0 Å². The number of hydrogen-bond donors (Lipinski definition) is 0. The summed E-state index contributed by atoms with van der Waals surface area (Å²) >= 11 is 0. The Hall–Kier alpha value is -3.34. The van der Waals surface area contributed by atoms with Gasteiger partial charge in [-0.05, 0) is 63.9 Å². The molecule has 39 heavy (non-hydrogen) atoms. The largest absolute Gasteiger partial charge is 0.378 e. The van der Waals surface area contributed by atoms with Crippen molar-refractivity contribution in [2.24, 2.45) is 17.8 Å². The molecule has 2 aromatic rings. The number of rotatable bonds is 4. The molecule has 4 heteroatoms. The molecule has 0 amide bonds. The maximum Gasteiger partial charge on any atom is 0.0642 e. The molecule has 2 heterocycles. The van der Waals surface area contributed by atoms with Gasteiger partial charge in [-0.3, -0.25) is 0 Å². The lowest BCUT2D eigenvalue weighted by atomic mass is 9.58. The lowest BCUT2D eigenvalue weighted by Gasteiger charge is -2.45. The van der Waals surface area contributed by atoms with Crippen LogP contribution in [0.2, 0.25) is 0 Å². The van der Waals surface area contributed by atoms with Gasteiger partial charge in [0, 0.05) is 49.4 Å². The number of hydrogen-bond acceptors (Lipinski definition) is 4. The van der Waals surface area contributed by atoms with E-state index < -0.39 is 0 Å². The van der Waals surface area contributed by atoms with Crippen molar-refractivity contribution in [3.8, 4) is 0 Å². The highest BCUT2D eigenvalue weighted by Gasteiger charge is 2.43. The molecule has 2 aromatic carbocycles. The second-order valence-electron chi connectivity index (χ2n) is 11.4. The molecule has 2 aliphatic heterocycles. The second kappa shape index (κ2) is 10.7. The van der Waals surface area contributed by atoms with E-state index in [0.29, 0.717) is 23.7 Å². The van der Waals surface area contributed by atoms with E-state index in [0.717, 1.165) is 52.6 Å². The summed E-state index contributed by atoms with van der Waals surface area (Å²) in [5, 5.41) is 0. The number of allylic oxidation sites excluding steroid dienone is 10. The van der Waals surface area contributed by atoms with Gasteiger partial charge in [-0.1, -0.05) is 73.7 Å². The highest BCUT2D eigenvalue weighted by Crippen LogP contribution is 2.56. The summed E-state index contributed by atoms with van der Waals surface area (Å²) in [6.45, 7) is 9.51. The van der Waals surface area contributed by atoms with Gasteiger partial charge < -0.3 is 19.3 Å². The third-order valence-electron chi connectivity index (χ3n) is 9.22. The summed E-state index contributed by atoms with van der Waals surface area (Å²) in [5.74, 6) is 1.66. The smallest absolute Gasteiger partial charge is 0.0642 e. The Kier molecular flexibility index (Phi) is 6.75. The Morgan fingerprint density at radius 2 is 1.28 bits per heavy atom. The van der Waals surface area contributed by atoms with Crippen LogP contribution in [-0.4, -0.2) is 52.6 Å². The van der Waals surface area contributed by atoms with Gasteiger partial charge in [-0.2, -0.15) is 0 Å². The fraction of sp³-hybridized carbons (Fsp3) is 0.371. The molecule has 0 radical (unpaired) electrons. The van der Waals surface area contributed by atoms with Gasteiger partial charge in [0.05, 0.1) is 26.4 Å². The van der Waals surface area contributed by atoms with E-state index in [1.54, 1.807) is 0 Å². The molecule has 4 nitrogen and oxygen atoms in total. The van der Waals surface area contributed by atoms with Crippen molar-refractivity contribution in [2.45, 2.75) is 12.8 Å². The van der Waals surface area contributed by atoms with E-state index in [1.807, 2.05) is 0 Å². The number of nitrogens with zero attached hydrogens (tertiary/aromatic N) is 2. The van der Waals surface area contributed by atoms with Gasteiger partial charge in [-0.15, -0.1) is 0 Å². The fourth-order valence-corrected chi connectivity index (χ4v) is 7.27. The molecule has 0 aromatic heterocycles. The summed E-state index contributed by atoms with van der Waals surface area (Å²) < 4.78 is 11.1. The highest BCUT2D eigenvalue weighted by atomic mass is 16.5. The molecule has 200 valence electrons. The van der Waals surface area contributed by atoms with Crippen molar-refractivity contribution in [1.82, 2.24) is 0 Å². The minimum atomic E-state index is 0.356. The first kappa shape index (κ1) is 24.7. The summed E-state index contributed by atoms with van der Waals surface area (Å²) in [6.07, 6.45) is 16.3. The van der Waals surface area contributed by atoms with Crippen molar-refractivity contribution in [3.63, 3.8) is 0 Å². The van der Waals surface area contributed by atoms with Crippen LogP contribution in [0.5, 0.6) is 0 Å². The van der Waals surface area contributed by atoms with Crippen LogP contribution in [0.25, 0.3) is 5.57 Å². The SMILES string of the molecule is CC1C=CC=C2C(c3ccc(N4CCOCC4)cc3)=C3C=CC=CC3C(c3ccc(N4CCOCC4)cc3)C21. The third-order valence-corrected chi connectivity index (χ3v) is 9.22. The highest BCUT2D eigenvalue weighted by molar-refractivity contribution is 5.87. The summed E-state index contributed by atoms with van der Waals surface area (Å²) in [4.78, 5) is 4.88. The normalized spacial score (nSPS) is 28.3. The van der Waals surface area contributed by atoms with Gasteiger partial charge >= 0.3 is 0 Å². The van der Waals surface area contributed by atoms with Crippen molar-refractivity contribution in [2.75, 3.05) is 62.4 Å². The van der Waals surface area contributed by atoms with E-state index in [-0.39, 0.29) is 0 Å². The number of fused-ring (bicyclic) bond motifs is 2. The van der Waals surface area contributed by atoms with Crippen LogP contribution in [0.15, 0.2) is 102 Å². The lowest BCUT2D eigenvalue weighted by Crippen LogP contribution is -2.36. The first-order chi connectivity index (χ1) is 19.3. The van der Waals surface area contributed by atoms with Gasteiger partial charge in [-0.25, -0.2) is 0 Å². The molecule has 0 N–H and O–H groups in total. The van der Waals surface area contributed by atoms with Crippen LogP contribution in [0, 0.1) is 17.8 Å². The van der Waals surface area contributed by atoms with Crippen LogP contribution < -0.4 is 9.80 Å². The predicted molar refractivity (Wildman–Crippen MR) is 160 cm³/mol. The Balaban J connectivity index is 1.28. The monoisotopic (exact) mass is 518 g/mol. The van der Waals surface area contributed by atoms with Crippen molar-refractivity contribution in [1.29, 1.82) is 0 Å². The minimum Gasteiger partial charge on any atom is -0.378 e. The zero-order chi connectivity index (χ0) is 26.2. The Morgan fingerprint density at radius 3 is 1.92 bits per heavy atom. The molecule has 4 unspecified atom stereocenters. The minimum absolute atomic E-state index is 0.356. The van der Waals surface area contributed by atoms with Crippen LogP contribution in [-0.2, 0) is 9.47 Å². The summed E-state index contributed by atoms with van der Waals surface area (Å²) in [6, 6.07) is 18.7. The summed E-state index contributed by atoms with van der Waals surface area (Å²) in [7, 11) is 0. The van der Waals surface area contributed by atoms with Crippen LogP contribution in [0.4, 0.5) is 11.4 Å². The molecule has 4 atom stereocenters. The zero-order valence-electron chi connectivity index (χ0n) is 22.8. The second-order valence-corrected chi connectivity index (χ2v) is 11.4. The van der Waals surface area contributed by atoms with Crippen LogP contribution >= 0.6 is 0 Å². The third kappa shape index (κ3) is 4.60. The molecule has 0 saturated carbocycles. The van der Waals surface area contributed by atoms with Crippen LogP contribution in [0.1, 0.15) is 24.0 Å². The maximum atomic E-state index is 5.57. The Labute approximate surface area is 232 Å². The topological polar surface area (TPSA) is 24.9 Å². The maximum absolute atomic E-state index is 5.57. The van der Waals surface area contributed by atoms with E-state index in [1.165, 1.54) is 39.2 Å². The fourth-order valence-electron chi connectivity index (χ4n) is 7.27. The molecule has 3 aliphatic carbocycles. The van der Waals surface area contributed by atoms with E-state index in [2.05, 4.69) is 108 Å². The Morgan fingerprint density at radius 1 is 0.667 bits per heavy atom. The van der Waals surface area contributed by atoms with Gasteiger partial charge in [0.15, 0.2) is 0 Å². The average Bonchev–Trinajstić information content (AvgIpc) is 3.01. The van der Waals surface area contributed by atoms with Gasteiger partial charge in [0.1, 0.15) is 0 Å². The van der Waals surface area contributed by atoms with Crippen molar-refractivity contribution < 1.29 is 9.47 Å². The molecule has 7 rings (SSSR count). The molecular weight excluding hydrogens is 480 g/mol. The van der Waals surface area contributed by atoms with Gasteiger partial charge in [0.2, 0.25) is 0 Å². The first-order valence-corrected chi connectivity index (χ1v) is 14.6. The number of benzene rings is 2. The van der Waals surface area contributed by atoms with E-state index in [4.69, 9.17) is 9.47 Å². The lowest BCUT2D eigenvalue weighted by molar-refractivity contribution is 0.122. The molecule has 2 saturated heterocycles. The molecule has 0 spiro atoms. The Bertz CT molecular complexity index is 1340. The average molecular weight is 519 g/mol. The first-order valence-electron chi connectivity index (χ1n) is 14.6. The quantitative estimate of drug-likeness (QED) is 0.468. The van der Waals surface area contributed by atoms with Crippen LogP contribution in [0.3, 0.4) is 0 Å². The molecule has 2 fully saturated rings. The predicted octanol–water partition coefficient (Wildman–Crippen LogP) is 6.40. The van der Waals surface area contributed by atoms with E-state index in [9.17, 15) is 0 Å². The number of ether oxygens (including phenoxy) is 2. The standard InChI is InChI=1S/C35H38N2O2/c1-25-5-4-8-32-33(25)35(27-11-15-29(16-12-27)37-19-23-39-24-20-37)31-7-3-2-6-30(31)34(32)26-9-13-28(14-10-26)36-17-21-38-22-18-36/h2-16,25,31,33,35H,17-24H2,1H3. The number of morpholine rings is 2. The zero-order valence-corrected chi connectivity index (χ0v) is 22.8. The van der Waals surface area contributed by atoms with Crippen molar-refractivity contribution in [3.05, 3.63) is 113 Å². The molecular formula is C35H38N2O2.